The Morgan fingerprint density at radius 3 is 2.61 bits per heavy atom. The van der Waals surface area contributed by atoms with Gasteiger partial charge in [0.25, 0.3) is 0 Å². The molecule has 5 heteroatoms. The Labute approximate surface area is 143 Å². The van der Waals surface area contributed by atoms with E-state index in [0.717, 1.165) is 30.5 Å². The minimum Gasteiger partial charge on any atom is -0.336 e. The van der Waals surface area contributed by atoms with E-state index in [0.29, 0.717) is 6.42 Å². The normalized spacial score (nSPS) is 18.3. The van der Waals surface area contributed by atoms with Gasteiger partial charge in [0.2, 0.25) is 5.91 Å². The van der Waals surface area contributed by atoms with E-state index in [1.54, 1.807) is 12.4 Å². The molecular formula is C18H22ClN3O. The Balaban J connectivity index is 0.00000192. The number of amides is 1. The second-order valence-corrected chi connectivity index (χ2v) is 5.75. The fourth-order valence-electron chi connectivity index (χ4n) is 3.12. The number of benzene rings is 1. The summed E-state index contributed by atoms with van der Waals surface area (Å²) in [4.78, 5) is 18.7. The molecule has 1 aliphatic rings. The molecule has 122 valence electrons. The summed E-state index contributed by atoms with van der Waals surface area (Å²) in [6, 6.07) is 13.7. The SMILES string of the molecule is Cl.NC(CC(=O)N1CCCC1c1ccncc1)c1ccccc1. The third-order valence-electron chi connectivity index (χ3n) is 4.29. The summed E-state index contributed by atoms with van der Waals surface area (Å²) < 4.78 is 0. The summed E-state index contributed by atoms with van der Waals surface area (Å²) in [7, 11) is 0. The van der Waals surface area contributed by atoms with Crippen LogP contribution in [0.2, 0.25) is 0 Å². The average Bonchev–Trinajstić information content (AvgIpc) is 3.06. The van der Waals surface area contributed by atoms with Crippen molar-refractivity contribution in [1.29, 1.82) is 0 Å². The largest absolute Gasteiger partial charge is 0.336 e. The zero-order chi connectivity index (χ0) is 15.4. The molecule has 0 saturated carbocycles. The third-order valence-corrected chi connectivity index (χ3v) is 4.29. The van der Waals surface area contributed by atoms with Crippen molar-refractivity contribution < 1.29 is 4.79 Å². The van der Waals surface area contributed by atoms with E-state index in [4.69, 9.17) is 5.73 Å². The van der Waals surface area contributed by atoms with E-state index < -0.39 is 0 Å². The fourth-order valence-corrected chi connectivity index (χ4v) is 3.12. The quantitative estimate of drug-likeness (QED) is 0.935. The van der Waals surface area contributed by atoms with Gasteiger partial charge in [-0.15, -0.1) is 12.4 Å². The van der Waals surface area contributed by atoms with Crippen molar-refractivity contribution in [3.05, 3.63) is 66.0 Å². The predicted molar refractivity (Wildman–Crippen MR) is 93.2 cm³/mol. The van der Waals surface area contributed by atoms with Crippen molar-refractivity contribution in [2.75, 3.05) is 6.54 Å². The number of rotatable bonds is 4. The van der Waals surface area contributed by atoms with E-state index in [1.807, 2.05) is 47.4 Å². The first-order valence-electron chi connectivity index (χ1n) is 7.75. The van der Waals surface area contributed by atoms with Crippen molar-refractivity contribution in [3.8, 4) is 0 Å². The number of nitrogens with zero attached hydrogens (tertiary/aromatic N) is 2. The zero-order valence-electron chi connectivity index (χ0n) is 13.0. The van der Waals surface area contributed by atoms with Gasteiger partial charge in [-0.3, -0.25) is 9.78 Å². The highest BCUT2D eigenvalue weighted by molar-refractivity contribution is 5.85. The number of hydrogen-bond acceptors (Lipinski definition) is 3. The maximum atomic E-state index is 12.6. The summed E-state index contributed by atoms with van der Waals surface area (Å²) >= 11 is 0. The van der Waals surface area contributed by atoms with Gasteiger partial charge in [0.1, 0.15) is 0 Å². The first-order valence-corrected chi connectivity index (χ1v) is 7.75. The fraction of sp³-hybridized carbons (Fsp3) is 0.333. The smallest absolute Gasteiger partial charge is 0.224 e. The molecule has 2 aromatic rings. The van der Waals surface area contributed by atoms with Crippen LogP contribution in [0.5, 0.6) is 0 Å². The van der Waals surface area contributed by atoms with E-state index in [9.17, 15) is 4.79 Å². The lowest BCUT2D eigenvalue weighted by Crippen LogP contribution is -2.33. The monoisotopic (exact) mass is 331 g/mol. The number of halogens is 1. The van der Waals surface area contributed by atoms with Crippen LogP contribution < -0.4 is 5.73 Å². The molecule has 23 heavy (non-hydrogen) atoms. The molecule has 1 fully saturated rings. The average molecular weight is 332 g/mol. The topological polar surface area (TPSA) is 59.2 Å². The van der Waals surface area contributed by atoms with Gasteiger partial charge in [-0.25, -0.2) is 0 Å². The van der Waals surface area contributed by atoms with Crippen LogP contribution in [-0.2, 0) is 4.79 Å². The van der Waals surface area contributed by atoms with Crippen LogP contribution in [0.25, 0.3) is 0 Å². The third kappa shape index (κ3) is 4.09. The molecule has 0 aliphatic carbocycles. The van der Waals surface area contributed by atoms with Crippen molar-refractivity contribution in [3.63, 3.8) is 0 Å². The van der Waals surface area contributed by atoms with Crippen LogP contribution in [0.1, 0.15) is 42.5 Å². The standard InChI is InChI=1S/C18H21N3O.ClH/c19-16(14-5-2-1-3-6-14)13-18(22)21-12-4-7-17(21)15-8-10-20-11-9-15;/h1-3,5-6,8-11,16-17H,4,7,12-13,19H2;1H. The molecular weight excluding hydrogens is 310 g/mol. The maximum Gasteiger partial charge on any atom is 0.224 e. The zero-order valence-corrected chi connectivity index (χ0v) is 13.8. The first kappa shape index (κ1) is 17.4. The molecule has 0 spiro atoms. The molecule has 2 unspecified atom stereocenters. The Kier molecular flexibility index (Phi) is 6.13. The Bertz CT molecular complexity index is 621. The molecule has 1 aliphatic heterocycles. The molecule has 2 N–H and O–H groups in total. The Morgan fingerprint density at radius 2 is 1.91 bits per heavy atom. The van der Waals surface area contributed by atoms with Crippen LogP contribution in [0.4, 0.5) is 0 Å². The van der Waals surface area contributed by atoms with Crippen molar-refractivity contribution >= 4 is 18.3 Å². The summed E-state index contributed by atoms with van der Waals surface area (Å²) in [5.41, 5.74) is 8.36. The van der Waals surface area contributed by atoms with E-state index >= 15 is 0 Å². The Hall–Kier alpha value is -1.91. The minimum atomic E-state index is -0.243. The Morgan fingerprint density at radius 1 is 1.22 bits per heavy atom. The van der Waals surface area contributed by atoms with Crippen molar-refractivity contribution in [1.82, 2.24) is 9.88 Å². The van der Waals surface area contributed by atoms with Crippen LogP contribution in [0.3, 0.4) is 0 Å². The number of nitrogens with two attached hydrogens (primary N) is 1. The molecule has 3 rings (SSSR count). The second kappa shape index (κ2) is 8.09. The minimum absolute atomic E-state index is 0. The molecule has 0 radical (unpaired) electrons. The highest BCUT2D eigenvalue weighted by Crippen LogP contribution is 2.32. The van der Waals surface area contributed by atoms with Crippen molar-refractivity contribution in [2.45, 2.75) is 31.3 Å². The number of likely N-dealkylation sites (tertiary alicyclic amines) is 1. The summed E-state index contributed by atoms with van der Waals surface area (Å²) in [5.74, 6) is 0.135. The van der Waals surface area contributed by atoms with Gasteiger partial charge in [-0.2, -0.15) is 0 Å². The van der Waals surface area contributed by atoms with E-state index in [-0.39, 0.29) is 30.4 Å². The van der Waals surface area contributed by atoms with Crippen LogP contribution in [0.15, 0.2) is 54.9 Å². The van der Waals surface area contributed by atoms with E-state index in [2.05, 4.69) is 4.98 Å². The number of carbonyl (C=O) groups is 1. The van der Waals surface area contributed by atoms with Gasteiger partial charge in [0, 0.05) is 31.4 Å². The lowest BCUT2D eigenvalue weighted by Gasteiger charge is -2.26. The van der Waals surface area contributed by atoms with Crippen LogP contribution >= 0.6 is 12.4 Å². The lowest BCUT2D eigenvalue weighted by molar-refractivity contribution is -0.132. The van der Waals surface area contributed by atoms with Gasteiger partial charge >= 0.3 is 0 Å². The van der Waals surface area contributed by atoms with Gasteiger partial charge in [-0.1, -0.05) is 30.3 Å². The molecule has 2 atom stereocenters. The molecule has 2 heterocycles. The lowest BCUT2D eigenvalue weighted by atomic mass is 10.0. The molecule has 0 bridgehead atoms. The summed E-state index contributed by atoms with van der Waals surface area (Å²) in [5, 5.41) is 0. The molecule has 1 amide bonds. The molecule has 1 saturated heterocycles. The predicted octanol–water partition coefficient (Wildman–Crippen LogP) is 3.26. The maximum absolute atomic E-state index is 12.6. The van der Waals surface area contributed by atoms with Gasteiger partial charge in [-0.05, 0) is 36.1 Å². The molecule has 1 aromatic carbocycles. The van der Waals surface area contributed by atoms with Gasteiger partial charge < -0.3 is 10.6 Å². The summed E-state index contributed by atoms with van der Waals surface area (Å²) in [6.07, 6.45) is 5.97. The van der Waals surface area contributed by atoms with Crippen LogP contribution in [0, 0.1) is 0 Å². The highest BCUT2D eigenvalue weighted by Gasteiger charge is 2.30. The molecule has 4 nitrogen and oxygen atoms in total. The second-order valence-electron chi connectivity index (χ2n) is 5.75. The van der Waals surface area contributed by atoms with Crippen molar-refractivity contribution in [2.24, 2.45) is 5.73 Å². The number of aromatic nitrogens is 1. The highest BCUT2D eigenvalue weighted by atomic mass is 35.5. The summed E-state index contributed by atoms with van der Waals surface area (Å²) in [6.45, 7) is 0.813. The van der Waals surface area contributed by atoms with Gasteiger partial charge in [0.05, 0.1) is 6.04 Å². The number of hydrogen-bond donors (Lipinski definition) is 1. The first-order chi connectivity index (χ1) is 10.8. The number of carbonyl (C=O) groups excluding carboxylic acids is 1. The van der Waals surface area contributed by atoms with E-state index in [1.165, 1.54) is 0 Å². The van der Waals surface area contributed by atoms with Crippen LogP contribution in [-0.4, -0.2) is 22.3 Å². The molecule has 1 aromatic heterocycles. The number of pyridine rings is 1. The van der Waals surface area contributed by atoms with Gasteiger partial charge in [0.15, 0.2) is 0 Å².